The number of aromatic nitrogens is 2. The number of rotatable bonds is 3. The second-order valence-corrected chi connectivity index (χ2v) is 6.64. The van der Waals surface area contributed by atoms with Crippen molar-refractivity contribution < 1.29 is 13.2 Å². The molecule has 1 aromatic rings. The Morgan fingerprint density at radius 2 is 1.96 bits per heavy atom. The van der Waals surface area contributed by atoms with Crippen LogP contribution in [0.3, 0.4) is 0 Å². The van der Waals surface area contributed by atoms with Crippen molar-refractivity contribution in [2.75, 3.05) is 18.0 Å². The van der Waals surface area contributed by atoms with Crippen LogP contribution in [0.1, 0.15) is 38.5 Å². The lowest BCUT2D eigenvalue weighted by Crippen LogP contribution is -2.51. The van der Waals surface area contributed by atoms with E-state index in [-0.39, 0.29) is 24.9 Å². The average Bonchev–Trinajstić information content (AvgIpc) is 2.55. The van der Waals surface area contributed by atoms with Crippen LogP contribution in [0.2, 0.25) is 0 Å². The molecule has 1 aromatic heterocycles. The maximum absolute atomic E-state index is 12.9. The van der Waals surface area contributed by atoms with Gasteiger partial charge in [0.25, 0.3) is 0 Å². The molecule has 2 heterocycles. The van der Waals surface area contributed by atoms with Crippen LogP contribution in [0.5, 0.6) is 0 Å². The molecule has 2 aliphatic rings. The molecule has 0 unspecified atom stereocenters. The van der Waals surface area contributed by atoms with Gasteiger partial charge in [-0.25, -0.2) is 0 Å². The predicted molar refractivity (Wildman–Crippen MR) is 82.2 cm³/mol. The van der Waals surface area contributed by atoms with Crippen molar-refractivity contribution in [3.8, 4) is 0 Å². The van der Waals surface area contributed by atoms with E-state index in [2.05, 4.69) is 20.4 Å². The average molecular weight is 328 g/mol. The first-order valence-corrected chi connectivity index (χ1v) is 8.38. The molecule has 0 radical (unpaired) electrons. The lowest BCUT2D eigenvalue weighted by molar-refractivity contribution is -0.183. The van der Waals surface area contributed by atoms with E-state index < -0.39 is 12.1 Å². The lowest BCUT2D eigenvalue weighted by atomic mass is 9.84. The molecule has 7 heteroatoms. The van der Waals surface area contributed by atoms with E-state index in [0.29, 0.717) is 6.42 Å². The largest absolute Gasteiger partial charge is 0.391 e. The maximum atomic E-state index is 12.9. The van der Waals surface area contributed by atoms with Crippen LogP contribution in [0.15, 0.2) is 18.3 Å². The van der Waals surface area contributed by atoms with E-state index in [1.54, 1.807) is 6.20 Å². The fourth-order valence-corrected chi connectivity index (χ4v) is 3.76. The van der Waals surface area contributed by atoms with Crippen molar-refractivity contribution in [2.24, 2.45) is 5.92 Å². The summed E-state index contributed by atoms with van der Waals surface area (Å²) < 4.78 is 38.8. The second kappa shape index (κ2) is 7.03. The normalized spacial score (nSPS) is 29.5. The van der Waals surface area contributed by atoms with Gasteiger partial charge in [0, 0.05) is 31.4 Å². The topological polar surface area (TPSA) is 41.0 Å². The van der Waals surface area contributed by atoms with E-state index in [1.807, 2.05) is 12.1 Å². The van der Waals surface area contributed by atoms with Gasteiger partial charge in [0.1, 0.15) is 0 Å². The molecule has 4 nitrogen and oxygen atoms in total. The Labute approximate surface area is 134 Å². The SMILES string of the molecule is FC(F)(F)[C@@H]1CCC[C@H](N[C@H]2CCCN(c3cccnn3)C2)C1. The highest BCUT2D eigenvalue weighted by molar-refractivity contribution is 5.37. The minimum Gasteiger partial charge on any atom is -0.354 e. The van der Waals surface area contributed by atoms with E-state index >= 15 is 0 Å². The molecule has 1 saturated carbocycles. The van der Waals surface area contributed by atoms with Crippen molar-refractivity contribution >= 4 is 5.82 Å². The molecule has 0 spiro atoms. The van der Waals surface area contributed by atoms with Crippen molar-refractivity contribution in [1.29, 1.82) is 0 Å². The lowest BCUT2D eigenvalue weighted by Gasteiger charge is -2.38. The molecule has 2 fully saturated rings. The first-order valence-electron chi connectivity index (χ1n) is 8.38. The fraction of sp³-hybridized carbons (Fsp3) is 0.750. The van der Waals surface area contributed by atoms with Crippen molar-refractivity contribution in [2.45, 2.75) is 56.8 Å². The summed E-state index contributed by atoms with van der Waals surface area (Å²) in [5, 5.41) is 11.5. The van der Waals surface area contributed by atoms with Gasteiger partial charge < -0.3 is 10.2 Å². The standard InChI is InChI=1S/C16H23F3N4/c17-16(18,19)12-4-1-5-13(10-12)21-14-6-3-9-23(11-14)15-7-2-8-20-22-15/h2,7-8,12-14,21H,1,3-6,9-11H2/t12-,13+,14+/m1/s1. The van der Waals surface area contributed by atoms with Gasteiger partial charge in [-0.2, -0.15) is 18.3 Å². The number of halogens is 3. The highest BCUT2D eigenvalue weighted by Crippen LogP contribution is 2.37. The summed E-state index contributed by atoms with van der Waals surface area (Å²) >= 11 is 0. The maximum Gasteiger partial charge on any atom is 0.391 e. The van der Waals surface area contributed by atoms with Gasteiger partial charge in [-0.15, -0.1) is 5.10 Å². The van der Waals surface area contributed by atoms with E-state index in [9.17, 15) is 13.2 Å². The zero-order valence-corrected chi connectivity index (χ0v) is 13.1. The molecular formula is C16H23F3N4. The van der Waals surface area contributed by atoms with Gasteiger partial charge in [-0.1, -0.05) is 6.42 Å². The monoisotopic (exact) mass is 328 g/mol. The molecule has 1 aliphatic carbocycles. The number of alkyl halides is 3. The number of hydrogen-bond acceptors (Lipinski definition) is 4. The molecule has 0 amide bonds. The Morgan fingerprint density at radius 1 is 1.13 bits per heavy atom. The van der Waals surface area contributed by atoms with E-state index in [0.717, 1.165) is 38.2 Å². The smallest absolute Gasteiger partial charge is 0.354 e. The number of nitrogens with zero attached hydrogens (tertiary/aromatic N) is 3. The molecule has 128 valence electrons. The number of nitrogens with one attached hydrogen (secondary N) is 1. The Balaban J connectivity index is 1.55. The van der Waals surface area contributed by atoms with E-state index in [4.69, 9.17) is 0 Å². The van der Waals surface area contributed by atoms with E-state index in [1.165, 1.54) is 0 Å². The molecule has 0 aromatic carbocycles. The van der Waals surface area contributed by atoms with Gasteiger partial charge >= 0.3 is 6.18 Å². The Bertz CT molecular complexity index is 494. The molecule has 0 bridgehead atoms. The minimum absolute atomic E-state index is 0.0258. The molecule has 1 aliphatic heterocycles. The van der Waals surface area contributed by atoms with Crippen LogP contribution in [0.25, 0.3) is 0 Å². The predicted octanol–water partition coefficient (Wildman–Crippen LogP) is 3.16. The molecule has 3 rings (SSSR count). The highest BCUT2D eigenvalue weighted by atomic mass is 19.4. The van der Waals surface area contributed by atoms with Crippen molar-refractivity contribution in [1.82, 2.24) is 15.5 Å². The van der Waals surface area contributed by atoms with Crippen molar-refractivity contribution in [3.63, 3.8) is 0 Å². The summed E-state index contributed by atoms with van der Waals surface area (Å²) in [5.41, 5.74) is 0. The molecule has 1 saturated heterocycles. The Hall–Kier alpha value is -1.37. The second-order valence-electron chi connectivity index (χ2n) is 6.64. The van der Waals surface area contributed by atoms with Crippen LogP contribution in [0.4, 0.5) is 19.0 Å². The van der Waals surface area contributed by atoms with Gasteiger partial charge in [0.05, 0.1) is 5.92 Å². The summed E-state index contributed by atoms with van der Waals surface area (Å²) in [7, 11) is 0. The van der Waals surface area contributed by atoms with Crippen LogP contribution >= 0.6 is 0 Å². The first kappa shape index (κ1) is 16.5. The van der Waals surface area contributed by atoms with Gasteiger partial charge in [-0.3, -0.25) is 0 Å². The highest BCUT2D eigenvalue weighted by Gasteiger charge is 2.42. The zero-order chi connectivity index (χ0) is 16.3. The Morgan fingerprint density at radius 3 is 2.70 bits per heavy atom. The fourth-order valence-electron chi connectivity index (χ4n) is 3.76. The third kappa shape index (κ3) is 4.34. The molecule has 3 atom stereocenters. The van der Waals surface area contributed by atoms with Gasteiger partial charge in [0.2, 0.25) is 0 Å². The van der Waals surface area contributed by atoms with Crippen LogP contribution in [0, 0.1) is 5.92 Å². The quantitative estimate of drug-likeness (QED) is 0.925. The van der Waals surface area contributed by atoms with Crippen LogP contribution < -0.4 is 10.2 Å². The zero-order valence-electron chi connectivity index (χ0n) is 13.1. The number of hydrogen-bond donors (Lipinski definition) is 1. The third-order valence-electron chi connectivity index (χ3n) is 4.91. The summed E-state index contributed by atoms with van der Waals surface area (Å²) in [6.45, 7) is 1.71. The molecule has 23 heavy (non-hydrogen) atoms. The number of anilines is 1. The summed E-state index contributed by atoms with van der Waals surface area (Å²) in [6.07, 6.45) is 1.59. The summed E-state index contributed by atoms with van der Waals surface area (Å²) in [6, 6.07) is 3.98. The summed E-state index contributed by atoms with van der Waals surface area (Å²) in [4.78, 5) is 2.16. The summed E-state index contributed by atoms with van der Waals surface area (Å²) in [5.74, 6) is -0.302. The minimum atomic E-state index is -4.06. The molecular weight excluding hydrogens is 305 g/mol. The van der Waals surface area contributed by atoms with Gasteiger partial charge in [-0.05, 0) is 44.2 Å². The van der Waals surface area contributed by atoms with Gasteiger partial charge in [0.15, 0.2) is 5.82 Å². The Kier molecular flexibility index (Phi) is 5.04. The molecule has 1 N–H and O–H groups in total. The van der Waals surface area contributed by atoms with Crippen LogP contribution in [-0.2, 0) is 0 Å². The van der Waals surface area contributed by atoms with Crippen LogP contribution in [-0.4, -0.2) is 41.5 Å². The third-order valence-corrected chi connectivity index (χ3v) is 4.91. The van der Waals surface area contributed by atoms with Crippen molar-refractivity contribution in [3.05, 3.63) is 18.3 Å². The first-order chi connectivity index (χ1) is 11.0. The number of piperidine rings is 1.